The van der Waals surface area contributed by atoms with Crippen molar-refractivity contribution in [3.63, 3.8) is 0 Å². The van der Waals surface area contributed by atoms with Crippen LogP contribution in [0.1, 0.15) is 61.6 Å². The van der Waals surface area contributed by atoms with Crippen molar-refractivity contribution < 1.29 is 14.9 Å². The Morgan fingerprint density at radius 1 is 1.07 bits per heavy atom. The van der Waals surface area contributed by atoms with E-state index in [4.69, 9.17) is 4.74 Å². The van der Waals surface area contributed by atoms with E-state index in [0.29, 0.717) is 23.5 Å². The molecule has 154 valence electrons. The molecule has 0 heterocycles. The average molecular weight is 393 g/mol. The lowest BCUT2D eigenvalue weighted by molar-refractivity contribution is -0.102. The highest BCUT2D eigenvalue weighted by Crippen LogP contribution is 2.65. The minimum absolute atomic E-state index is 0.0253. The van der Waals surface area contributed by atoms with Crippen LogP contribution in [0.2, 0.25) is 0 Å². The second-order valence-corrected chi connectivity index (χ2v) is 9.83. The molecule has 29 heavy (non-hydrogen) atoms. The van der Waals surface area contributed by atoms with Gasteiger partial charge in [-0.05, 0) is 90.5 Å². The first-order chi connectivity index (χ1) is 13.9. The molecule has 0 bridgehead atoms. The van der Waals surface area contributed by atoms with E-state index in [1.54, 1.807) is 7.11 Å². The van der Waals surface area contributed by atoms with Crippen LogP contribution in [0.5, 0.6) is 11.5 Å². The fourth-order valence-electron chi connectivity index (χ4n) is 7.09. The average Bonchev–Trinajstić information content (AvgIpc) is 2.98. The van der Waals surface area contributed by atoms with Gasteiger partial charge in [0.2, 0.25) is 0 Å². The first-order valence-corrected chi connectivity index (χ1v) is 11.1. The Morgan fingerprint density at radius 2 is 1.86 bits per heavy atom. The third-order valence-corrected chi connectivity index (χ3v) is 8.69. The molecule has 2 fully saturated rings. The number of aryl methyl sites for hydroxylation is 1. The summed E-state index contributed by atoms with van der Waals surface area (Å²) in [6, 6.07) is 14.5. The SMILES string of the molecule is COc1cc2c(cc1O)CCC1C2CCC2(C)C1CCC2(O)Cc1ccccc1. The Hall–Kier alpha value is -2.00. The van der Waals surface area contributed by atoms with Crippen molar-refractivity contribution in [2.24, 2.45) is 17.3 Å². The van der Waals surface area contributed by atoms with Crippen LogP contribution >= 0.6 is 0 Å². The van der Waals surface area contributed by atoms with Crippen LogP contribution in [0, 0.1) is 17.3 Å². The number of ether oxygens (including phenoxy) is 1. The number of benzene rings is 2. The van der Waals surface area contributed by atoms with E-state index in [1.807, 2.05) is 12.1 Å². The zero-order valence-corrected chi connectivity index (χ0v) is 17.5. The number of hydrogen-bond acceptors (Lipinski definition) is 3. The number of phenolic OH excluding ortho intramolecular Hbond substituents is 1. The normalized spacial score (nSPS) is 35.5. The van der Waals surface area contributed by atoms with E-state index in [2.05, 4.69) is 37.3 Å². The van der Waals surface area contributed by atoms with Crippen LogP contribution in [0.25, 0.3) is 0 Å². The molecule has 0 spiro atoms. The zero-order valence-electron chi connectivity index (χ0n) is 17.5. The van der Waals surface area contributed by atoms with Crippen LogP contribution in [-0.2, 0) is 12.8 Å². The van der Waals surface area contributed by atoms with Gasteiger partial charge in [-0.1, -0.05) is 37.3 Å². The molecular weight excluding hydrogens is 360 g/mol. The molecule has 2 saturated carbocycles. The summed E-state index contributed by atoms with van der Waals surface area (Å²) in [6.45, 7) is 2.36. The van der Waals surface area contributed by atoms with Gasteiger partial charge in [-0.15, -0.1) is 0 Å². The number of methoxy groups -OCH3 is 1. The van der Waals surface area contributed by atoms with E-state index in [-0.39, 0.29) is 11.2 Å². The molecule has 5 unspecified atom stereocenters. The van der Waals surface area contributed by atoms with Crippen LogP contribution in [0.15, 0.2) is 42.5 Å². The Balaban J connectivity index is 1.46. The fraction of sp³-hybridized carbons (Fsp3) is 0.538. The van der Waals surface area contributed by atoms with Gasteiger partial charge in [0.1, 0.15) is 0 Å². The van der Waals surface area contributed by atoms with Gasteiger partial charge in [0, 0.05) is 6.42 Å². The van der Waals surface area contributed by atoms with Gasteiger partial charge in [-0.2, -0.15) is 0 Å². The van der Waals surface area contributed by atoms with Crippen molar-refractivity contribution in [2.75, 3.05) is 7.11 Å². The van der Waals surface area contributed by atoms with E-state index >= 15 is 0 Å². The van der Waals surface area contributed by atoms with E-state index < -0.39 is 5.60 Å². The summed E-state index contributed by atoms with van der Waals surface area (Å²) >= 11 is 0. The summed E-state index contributed by atoms with van der Waals surface area (Å²) in [7, 11) is 1.63. The molecule has 0 saturated heterocycles. The number of fused-ring (bicyclic) bond motifs is 5. The second-order valence-electron chi connectivity index (χ2n) is 9.83. The Kier molecular flexibility index (Phi) is 4.43. The summed E-state index contributed by atoms with van der Waals surface area (Å²) < 4.78 is 5.41. The summed E-state index contributed by atoms with van der Waals surface area (Å²) in [5.41, 5.74) is 3.26. The monoisotopic (exact) mass is 392 g/mol. The summed E-state index contributed by atoms with van der Waals surface area (Å²) in [5.74, 6) is 2.53. The highest BCUT2D eigenvalue weighted by atomic mass is 16.5. The third-order valence-electron chi connectivity index (χ3n) is 8.69. The van der Waals surface area contributed by atoms with Crippen molar-refractivity contribution in [1.29, 1.82) is 0 Å². The van der Waals surface area contributed by atoms with Crippen LogP contribution in [-0.4, -0.2) is 22.9 Å². The van der Waals surface area contributed by atoms with E-state index in [9.17, 15) is 10.2 Å². The topological polar surface area (TPSA) is 49.7 Å². The maximum Gasteiger partial charge on any atom is 0.160 e. The van der Waals surface area contributed by atoms with Crippen molar-refractivity contribution >= 4 is 0 Å². The summed E-state index contributed by atoms with van der Waals surface area (Å²) in [4.78, 5) is 0. The highest BCUT2D eigenvalue weighted by molar-refractivity contribution is 5.49. The lowest BCUT2D eigenvalue weighted by Crippen LogP contribution is -2.51. The molecule has 3 heteroatoms. The molecule has 2 aromatic carbocycles. The minimum Gasteiger partial charge on any atom is -0.504 e. The smallest absolute Gasteiger partial charge is 0.160 e. The predicted molar refractivity (Wildman–Crippen MR) is 114 cm³/mol. The molecule has 0 aromatic heterocycles. The molecule has 5 atom stereocenters. The van der Waals surface area contributed by atoms with Crippen molar-refractivity contribution in [2.45, 2.75) is 63.4 Å². The van der Waals surface area contributed by atoms with Gasteiger partial charge >= 0.3 is 0 Å². The van der Waals surface area contributed by atoms with Gasteiger partial charge in [-0.25, -0.2) is 0 Å². The van der Waals surface area contributed by atoms with Gasteiger partial charge in [0.05, 0.1) is 12.7 Å². The molecule has 5 rings (SSSR count). The fourth-order valence-corrected chi connectivity index (χ4v) is 7.09. The van der Waals surface area contributed by atoms with E-state index in [1.165, 1.54) is 16.7 Å². The minimum atomic E-state index is -0.614. The standard InChI is InChI=1S/C26H32O3/c1-25-12-10-19-20(9-8-18-14-23(27)24(29-2)15-21(18)19)22(25)11-13-26(25,28)16-17-6-4-3-5-7-17/h3-7,14-15,19-20,22,27-28H,8-13,16H2,1-2H3. The summed E-state index contributed by atoms with van der Waals surface area (Å²) in [5, 5.41) is 22.1. The highest BCUT2D eigenvalue weighted by Gasteiger charge is 2.61. The van der Waals surface area contributed by atoms with Gasteiger partial charge in [0.15, 0.2) is 11.5 Å². The lowest BCUT2D eigenvalue weighted by Gasteiger charge is -2.53. The maximum atomic E-state index is 11.9. The molecular formula is C26H32O3. The Labute approximate surface area is 173 Å². The Morgan fingerprint density at radius 3 is 2.62 bits per heavy atom. The number of hydrogen-bond donors (Lipinski definition) is 2. The van der Waals surface area contributed by atoms with Crippen molar-refractivity contribution in [3.8, 4) is 11.5 Å². The number of aliphatic hydroxyl groups is 1. The molecule has 3 aliphatic carbocycles. The largest absolute Gasteiger partial charge is 0.504 e. The first-order valence-electron chi connectivity index (χ1n) is 11.1. The molecule has 3 aliphatic rings. The molecule has 0 aliphatic heterocycles. The second kappa shape index (κ2) is 6.77. The summed E-state index contributed by atoms with van der Waals surface area (Å²) in [6.07, 6.45) is 7.11. The van der Waals surface area contributed by atoms with E-state index in [0.717, 1.165) is 44.9 Å². The molecule has 2 N–H and O–H groups in total. The number of phenols is 1. The number of aromatic hydroxyl groups is 1. The third kappa shape index (κ3) is 2.81. The van der Waals surface area contributed by atoms with Gasteiger partial charge in [-0.3, -0.25) is 0 Å². The molecule has 3 nitrogen and oxygen atoms in total. The van der Waals surface area contributed by atoms with Gasteiger partial charge in [0.25, 0.3) is 0 Å². The molecule has 0 amide bonds. The van der Waals surface area contributed by atoms with Gasteiger partial charge < -0.3 is 14.9 Å². The maximum absolute atomic E-state index is 11.9. The van der Waals surface area contributed by atoms with Crippen LogP contribution in [0.4, 0.5) is 0 Å². The van der Waals surface area contributed by atoms with Crippen LogP contribution in [0.3, 0.4) is 0 Å². The van der Waals surface area contributed by atoms with Crippen molar-refractivity contribution in [1.82, 2.24) is 0 Å². The quantitative estimate of drug-likeness (QED) is 0.752. The number of rotatable bonds is 3. The van der Waals surface area contributed by atoms with Crippen LogP contribution < -0.4 is 4.74 Å². The lowest BCUT2D eigenvalue weighted by atomic mass is 9.52. The Bertz CT molecular complexity index is 908. The zero-order chi connectivity index (χ0) is 20.2. The van der Waals surface area contributed by atoms with Crippen molar-refractivity contribution in [3.05, 3.63) is 59.2 Å². The predicted octanol–water partition coefficient (Wildman–Crippen LogP) is 5.23. The first kappa shape index (κ1) is 19.0. The molecule has 2 aromatic rings. The molecule has 0 radical (unpaired) electrons.